The monoisotopic (exact) mass is 275 g/mol. The molecule has 1 aliphatic heterocycles. The molecular formula is C16H21NO3. The predicted octanol–water partition coefficient (Wildman–Crippen LogP) is 2.48. The van der Waals surface area contributed by atoms with Gasteiger partial charge in [-0.15, -0.1) is 0 Å². The summed E-state index contributed by atoms with van der Waals surface area (Å²) in [6, 6.07) is 6.83. The molecule has 4 heteroatoms. The molecule has 1 aromatic rings. The first-order valence-corrected chi connectivity index (χ1v) is 7.30. The quantitative estimate of drug-likeness (QED) is 0.917. The van der Waals surface area contributed by atoms with Crippen LogP contribution in [-0.2, 0) is 11.2 Å². The number of carboxylic acids is 1. The minimum atomic E-state index is -0.677. The van der Waals surface area contributed by atoms with Gasteiger partial charge in [-0.3, -0.25) is 9.69 Å². The summed E-state index contributed by atoms with van der Waals surface area (Å²) in [7, 11) is 1.70. The molecule has 1 unspecified atom stereocenters. The number of hydrogen-bond donors (Lipinski definition) is 1. The average Bonchev–Trinajstić information content (AvgIpc) is 2.41. The normalized spacial score (nSPS) is 22.9. The summed E-state index contributed by atoms with van der Waals surface area (Å²) in [5.74, 6) is 0.580. The zero-order chi connectivity index (χ0) is 14.1. The summed E-state index contributed by atoms with van der Waals surface area (Å²) in [5.41, 5.74) is 2.80. The Hall–Kier alpha value is -1.55. The first-order valence-electron chi connectivity index (χ1n) is 7.30. The minimum absolute atomic E-state index is 0.304. The van der Waals surface area contributed by atoms with Crippen molar-refractivity contribution in [2.24, 2.45) is 5.92 Å². The molecule has 1 aromatic carbocycles. The van der Waals surface area contributed by atoms with Gasteiger partial charge in [-0.1, -0.05) is 6.07 Å². The van der Waals surface area contributed by atoms with Gasteiger partial charge in [0.25, 0.3) is 0 Å². The summed E-state index contributed by atoms with van der Waals surface area (Å²) in [6.07, 6.45) is 3.80. The number of likely N-dealkylation sites (tertiary alicyclic amines) is 1. The number of hydrogen-bond acceptors (Lipinski definition) is 3. The van der Waals surface area contributed by atoms with E-state index in [1.807, 2.05) is 6.07 Å². The number of methoxy groups -OCH3 is 1. The number of carboxylic acid groups (broad SMARTS) is 1. The fourth-order valence-electron chi connectivity index (χ4n) is 3.51. The van der Waals surface area contributed by atoms with E-state index in [2.05, 4.69) is 17.0 Å². The van der Waals surface area contributed by atoms with Crippen LogP contribution in [0, 0.1) is 5.92 Å². The van der Waals surface area contributed by atoms with Gasteiger partial charge in [-0.25, -0.2) is 0 Å². The first kappa shape index (κ1) is 13.4. The van der Waals surface area contributed by atoms with Gasteiger partial charge in [-0.2, -0.15) is 0 Å². The Bertz CT molecular complexity index is 508. The largest absolute Gasteiger partial charge is 0.497 e. The Balaban J connectivity index is 1.70. The molecule has 108 valence electrons. The van der Waals surface area contributed by atoms with E-state index in [1.54, 1.807) is 7.11 Å². The second kappa shape index (κ2) is 5.44. The lowest BCUT2D eigenvalue weighted by Crippen LogP contribution is -2.49. The number of fused-ring (bicyclic) bond motifs is 1. The molecule has 1 aliphatic carbocycles. The van der Waals surface area contributed by atoms with E-state index in [1.165, 1.54) is 24.0 Å². The minimum Gasteiger partial charge on any atom is -0.497 e. The highest BCUT2D eigenvalue weighted by atomic mass is 16.5. The van der Waals surface area contributed by atoms with Crippen LogP contribution in [0.4, 0.5) is 0 Å². The van der Waals surface area contributed by atoms with E-state index < -0.39 is 5.97 Å². The molecule has 2 aliphatic rings. The molecule has 3 rings (SSSR count). The molecule has 0 amide bonds. The van der Waals surface area contributed by atoms with E-state index in [0.29, 0.717) is 18.4 Å². The number of nitrogens with zero attached hydrogens (tertiary/aromatic N) is 1. The molecule has 0 spiro atoms. The zero-order valence-corrected chi connectivity index (χ0v) is 11.8. The van der Waals surface area contributed by atoms with Crippen LogP contribution in [0.2, 0.25) is 0 Å². The second-order valence-electron chi connectivity index (χ2n) is 5.89. The van der Waals surface area contributed by atoms with Gasteiger partial charge in [0.05, 0.1) is 13.5 Å². The average molecular weight is 275 g/mol. The standard InChI is InChI=1S/C16H21NO3/c1-20-13-5-6-14-12(8-13)3-2-4-15(14)17-9-11(10-17)7-16(18)19/h5-6,8,11,15H,2-4,7,9-10H2,1H3,(H,18,19). The molecule has 20 heavy (non-hydrogen) atoms. The van der Waals surface area contributed by atoms with Crippen molar-refractivity contribution in [1.29, 1.82) is 0 Å². The Kier molecular flexibility index (Phi) is 3.66. The van der Waals surface area contributed by atoms with Crippen molar-refractivity contribution < 1.29 is 14.6 Å². The molecule has 1 heterocycles. The van der Waals surface area contributed by atoms with Crippen molar-refractivity contribution in [3.8, 4) is 5.75 Å². The van der Waals surface area contributed by atoms with Crippen LogP contribution in [-0.4, -0.2) is 36.2 Å². The van der Waals surface area contributed by atoms with Crippen molar-refractivity contribution in [2.75, 3.05) is 20.2 Å². The van der Waals surface area contributed by atoms with Gasteiger partial charge >= 0.3 is 5.97 Å². The van der Waals surface area contributed by atoms with Gasteiger partial charge in [-0.05, 0) is 48.4 Å². The van der Waals surface area contributed by atoms with Crippen molar-refractivity contribution >= 4 is 5.97 Å². The molecule has 1 atom stereocenters. The Labute approximate surface area is 119 Å². The highest BCUT2D eigenvalue weighted by molar-refractivity contribution is 5.67. The Morgan fingerprint density at radius 3 is 2.95 bits per heavy atom. The third-order valence-corrected chi connectivity index (χ3v) is 4.52. The molecule has 0 bridgehead atoms. The summed E-state index contributed by atoms with van der Waals surface area (Å²) in [5, 5.41) is 8.83. The molecule has 4 nitrogen and oxygen atoms in total. The Morgan fingerprint density at radius 1 is 1.45 bits per heavy atom. The third kappa shape index (κ3) is 2.52. The fraction of sp³-hybridized carbons (Fsp3) is 0.562. The fourth-order valence-corrected chi connectivity index (χ4v) is 3.51. The van der Waals surface area contributed by atoms with E-state index in [9.17, 15) is 4.79 Å². The molecule has 1 saturated heterocycles. The van der Waals surface area contributed by atoms with Crippen LogP contribution < -0.4 is 4.74 Å². The zero-order valence-electron chi connectivity index (χ0n) is 11.8. The third-order valence-electron chi connectivity index (χ3n) is 4.52. The maximum absolute atomic E-state index is 10.7. The van der Waals surface area contributed by atoms with Crippen LogP contribution in [0.5, 0.6) is 5.75 Å². The van der Waals surface area contributed by atoms with Gasteiger partial charge < -0.3 is 9.84 Å². The maximum atomic E-state index is 10.7. The van der Waals surface area contributed by atoms with Gasteiger partial charge in [0.1, 0.15) is 5.75 Å². The van der Waals surface area contributed by atoms with E-state index in [-0.39, 0.29) is 0 Å². The van der Waals surface area contributed by atoms with E-state index in [0.717, 1.165) is 25.3 Å². The maximum Gasteiger partial charge on any atom is 0.303 e. The summed E-state index contributed by atoms with van der Waals surface area (Å²) in [6.45, 7) is 1.84. The predicted molar refractivity (Wildman–Crippen MR) is 76.0 cm³/mol. The van der Waals surface area contributed by atoms with Crippen molar-refractivity contribution in [3.05, 3.63) is 29.3 Å². The molecule has 1 N–H and O–H groups in total. The van der Waals surface area contributed by atoms with Crippen molar-refractivity contribution in [3.63, 3.8) is 0 Å². The number of rotatable bonds is 4. The van der Waals surface area contributed by atoms with Gasteiger partial charge in [0, 0.05) is 19.1 Å². The van der Waals surface area contributed by atoms with Crippen LogP contribution in [0.15, 0.2) is 18.2 Å². The number of ether oxygens (including phenoxy) is 1. The van der Waals surface area contributed by atoms with Crippen LogP contribution >= 0.6 is 0 Å². The lowest BCUT2D eigenvalue weighted by atomic mass is 9.83. The highest BCUT2D eigenvalue weighted by Crippen LogP contribution is 2.39. The second-order valence-corrected chi connectivity index (χ2v) is 5.89. The smallest absolute Gasteiger partial charge is 0.303 e. The number of benzene rings is 1. The molecular weight excluding hydrogens is 254 g/mol. The van der Waals surface area contributed by atoms with Gasteiger partial charge in [0.15, 0.2) is 0 Å². The summed E-state index contributed by atoms with van der Waals surface area (Å²) in [4.78, 5) is 13.2. The van der Waals surface area contributed by atoms with Crippen LogP contribution in [0.1, 0.15) is 36.4 Å². The van der Waals surface area contributed by atoms with Crippen LogP contribution in [0.3, 0.4) is 0 Å². The first-order chi connectivity index (χ1) is 9.67. The molecule has 1 fully saturated rings. The topological polar surface area (TPSA) is 49.8 Å². The highest BCUT2D eigenvalue weighted by Gasteiger charge is 2.35. The number of aliphatic carboxylic acids is 1. The lowest BCUT2D eigenvalue weighted by molar-refractivity contribution is -0.140. The number of aryl methyl sites for hydroxylation is 1. The lowest BCUT2D eigenvalue weighted by Gasteiger charge is -2.46. The van der Waals surface area contributed by atoms with Gasteiger partial charge in [0.2, 0.25) is 0 Å². The number of carbonyl (C=O) groups is 1. The molecule has 0 aromatic heterocycles. The molecule has 0 saturated carbocycles. The van der Waals surface area contributed by atoms with Crippen molar-refractivity contribution in [1.82, 2.24) is 4.90 Å². The van der Waals surface area contributed by atoms with E-state index in [4.69, 9.17) is 9.84 Å². The summed E-state index contributed by atoms with van der Waals surface area (Å²) < 4.78 is 5.30. The summed E-state index contributed by atoms with van der Waals surface area (Å²) >= 11 is 0. The SMILES string of the molecule is COc1ccc2c(c1)CCCC2N1CC(CC(=O)O)C1. The Morgan fingerprint density at radius 2 is 2.25 bits per heavy atom. The molecule has 0 radical (unpaired) electrons. The van der Waals surface area contributed by atoms with Crippen molar-refractivity contribution in [2.45, 2.75) is 31.7 Å². The van der Waals surface area contributed by atoms with E-state index >= 15 is 0 Å². The van der Waals surface area contributed by atoms with Crippen LogP contribution in [0.25, 0.3) is 0 Å².